The van der Waals surface area contributed by atoms with Crippen LogP contribution in [0.4, 0.5) is 0 Å². The predicted molar refractivity (Wildman–Crippen MR) is 108 cm³/mol. The first-order valence-electron chi connectivity index (χ1n) is 7.63. The van der Waals surface area contributed by atoms with Gasteiger partial charge < -0.3 is 4.74 Å². The number of rotatable bonds is 3. The van der Waals surface area contributed by atoms with E-state index >= 15 is 0 Å². The molecule has 3 aromatic carbocycles. The van der Waals surface area contributed by atoms with Crippen LogP contribution in [0.25, 0.3) is 20.2 Å². The predicted octanol–water partition coefficient (Wildman–Crippen LogP) is 6.23. The molecule has 0 fully saturated rings. The standard InChI is InChI=1S/C20H13ClO2S2/c1-23-12-5-4-6-13(11-12)24-17-10-9-15-19(22)14-7-2-3-8-16(14)25-20(15)18(17)21/h2-11H,1H3. The summed E-state index contributed by atoms with van der Waals surface area (Å²) in [5.74, 6) is 0.803. The summed E-state index contributed by atoms with van der Waals surface area (Å²) in [6.07, 6.45) is 0. The highest BCUT2D eigenvalue weighted by atomic mass is 35.5. The van der Waals surface area contributed by atoms with Gasteiger partial charge in [-0.1, -0.05) is 41.6 Å². The van der Waals surface area contributed by atoms with Gasteiger partial charge in [-0.2, -0.15) is 0 Å². The maximum Gasteiger partial charge on any atom is 0.195 e. The van der Waals surface area contributed by atoms with Gasteiger partial charge >= 0.3 is 0 Å². The topological polar surface area (TPSA) is 26.3 Å². The Hall–Kier alpha value is -2.01. The van der Waals surface area contributed by atoms with Gasteiger partial charge in [0.25, 0.3) is 0 Å². The summed E-state index contributed by atoms with van der Waals surface area (Å²) >= 11 is 9.77. The molecule has 0 atom stereocenters. The largest absolute Gasteiger partial charge is 0.497 e. The number of benzene rings is 3. The molecule has 25 heavy (non-hydrogen) atoms. The van der Waals surface area contributed by atoms with Crippen molar-refractivity contribution in [2.75, 3.05) is 7.11 Å². The third-order valence-corrected chi connectivity index (χ3v) is 6.79. The van der Waals surface area contributed by atoms with Crippen LogP contribution in [0.5, 0.6) is 5.75 Å². The van der Waals surface area contributed by atoms with Crippen LogP contribution in [0.3, 0.4) is 0 Å². The molecule has 124 valence electrons. The Balaban J connectivity index is 1.87. The minimum absolute atomic E-state index is 0.0316. The molecular formula is C20H13ClO2S2. The molecule has 1 aromatic heterocycles. The molecule has 4 rings (SSSR count). The molecule has 0 saturated heterocycles. The van der Waals surface area contributed by atoms with Crippen molar-refractivity contribution < 1.29 is 4.74 Å². The molecule has 0 unspecified atom stereocenters. The van der Waals surface area contributed by atoms with Crippen molar-refractivity contribution in [3.8, 4) is 5.75 Å². The number of halogens is 1. The molecule has 1 heterocycles. The Morgan fingerprint density at radius 3 is 2.68 bits per heavy atom. The smallest absolute Gasteiger partial charge is 0.195 e. The van der Waals surface area contributed by atoms with Crippen LogP contribution in [-0.2, 0) is 0 Å². The zero-order chi connectivity index (χ0) is 17.4. The summed E-state index contributed by atoms with van der Waals surface area (Å²) in [5.41, 5.74) is 0.0316. The zero-order valence-corrected chi connectivity index (χ0v) is 15.7. The van der Waals surface area contributed by atoms with E-state index in [-0.39, 0.29) is 5.43 Å². The van der Waals surface area contributed by atoms with Gasteiger partial charge in [0.15, 0.2) is 5.43 Å². The second-order valence-corrected chi connectivity index (χ2v) is 8.01. The van der Waals surface area contributed by atoms with Crippen LogP contribution >= 0.6 is 34.7 Å². The third kappa shape index (κ3) is 3.01. The molecule has 0 spiro atoms. The number of hydrogen-bond donors (Lipinski definition) is 0. The first-order chi connectivity index (χ1) is 12.2. The van der Waals surface area contributed by atoms with Crippen molar-refractivity contribution in [1.29, 1.82) is 0 Å². The molecule has 0 amide bonds. The van der Waals surface area contributed by atoms with E-state index in [1.807, 2.05) is 60.7 Å². The minimum Gasteiger partial charge on any atom is -0.497 e. The van der Waals surface area contributed by atoms with Gasteiger partial charge in [-0.3, -0.25) is 4.79 Å². The summed E-state index contributed by atoms with van der Waals surface area (Å²) in [5, 5.41) is 2.03. The van der Waals surface area contributed by atoms with Gasteiger partial charge in [0.05, 0.1) is 16.8 Å². The van der Waals surface area contributed by atoms with Crippen molar-refractivity contribution in [3.05, 3.63) is 75.9 Å². The summed E-state index contributed by atoms with van der Waals surface area (Å²) in [6.45, 7) is 0. The number of fused-ring (bicyclic) bond motifs is 2. The fourth-order valence-electron chi connectivity index (χ4n) is 2.69. The normalized spacial score (nSPS) is 11.1. The van der Waals surface area contributed by atoms with E-state index < -0.39 is 0 Å². The van der Waals surface area contributed by atoms with Crippen molar-refractivity contribution in [3.63, 3.8) is 0 Å². The van der Waals surface area contributed by atoms with Crippen molar-refractivity contribution in [2.45, 2.75) is 9.79 Å². The van der Waals surface area contributed by atoms with Crippen LogP contribution in [0.15, 0.2) is 75.2 Å². The van der Waals surface area contributed by atoms with Crippen LogP contribution in [0.1, 0.15) is 0 Å². The first-order valence-corrected chi connectivity index (χ1v) is 9.64. The Kier molecular flexibility index (Phi) is 4.42. The average molecular weight is 385 g/mol. The second-order valence-electron chi connectivity index (χ2n) is 5.46. The van der Waals surface area contributed by atoms with E-state index in [2.05, 4.69) is 0 Å². The van der Waals surface area contributed by atoms with Crippen LogP contribution < -0.4 is 10.2 Å². The molecular weight excluding hydrogens is 372 g/mol. The lowest BCUT2D eigenvalue weighted by atomic mass is 10.2. The maximum absolute atomic E-state index is 12.7. The quantitative estimate of drug-likeness (QED) is 0.392. The molecule has 2 nitrogen and oxygen atoms in total. The number of hydrogen-bond acceptors (Lipinski definition) is 4. The molecule has 0 N–H and O–H groups in total. The highest BCUT2D eigenvalue weighted by molar-refractivity contribution is 7.99. The Morgan fingerprint density at radius 1 is 1.00 bits per heavy atom. The molecule has 0 aliphatic heterocycles. The Bertz CT molecular complexity index is 1150. The highest BCUT2D eigenvalue weighted by Crippen LogP contribution is 2.40. The second kappa shape index (κ2) is 6.71. The fourth-order valence-corrected chi connectivity index (χ4v) is 5.16. The van der Waals surface area contributed by atoms with Gasteiger partial charge in [0.2, 0.25) is 0 Å². The zero-order valence-electron chi connectivity index (χ0n) is 13.3. The summed E-state index contributed by atoms with van der Waals surface area (Å²) in [4.78, 5) is 14.7. The lowest BCUT2D eigenvalue weighted by Crippen LogP contribution is -2.01. The van der Waals surface area contributed by atoms with Crippen LogP contribution in [-0.4, -0.2) is 7.11 Å². The van der Waals surface area contributed by atoms with Crippen molar-refractivity contribution in [2.24, 2.45) is 0 Å². The molecule has 0 aliphatic rings. The maximum atomic E-state index is 12.7. The lowest BCUT2D eigenvalue weighted by Gasteiger charge is -2.09. The Morgan fingerprint density at radius 2 is 1.84 bits per heavy atom. The van der Waals surface area contributed by atoms with E-state index in [9.17, 15) is 4.79 Å². The van der Waals surface area contributed by atoms with Crippen LogP contribution in [0.2, 0.25) is 5.02 Å². The molecule has 0 aliphatic carbocycles. The van der Waals surface area contributed by atoms with E-state index in [4.69, 9.17) is 16.3 Å². The van der Waals surface area contributed by atoms with E-state index in [1.54, 1.807) is 30.2 Å². The minimum atomic E-state index is 0.0316. The van der Waals surface area contributed by atoms with Gasteiger partial charge in [-0.25, -0.2) is 0 Å². The fraction of sp³-hybridized carbons (Fsp3) is 0.0500. The summed E-state index contributed by atoms with van der Waals surface area (Å²) < 4.78 is 7.05. The SMILES string of the molecule is COc1cccc(Sc2ccc3c(=O)c4ccccc4sc3c2Cl)c1. The third-order valence-electron chi connectivity index (χ3n) is 3.92. The molecule has 0 bridgehead atoms. The van der Waals surface area contributed by atoms with Gasteiger partial charge in [-0.05, 0) is 42.5 Å². The highest BCUT2D eigenvalue weighted by Gasteiger charge is 2.13. The average Bonchev–Trinajstić information content (AvgIpc) is 2.65. The summed E-state index contributed by atoms with van der Waals surface area (Å²) in [7, 11) is 1.65. The number of methoxy groups -OCH3 is 1. The lowest BCUT2D eigenvalue weighted by molar-refractivity contribution is 0.413. The number of ether oxygens (including phenoxy) is 1. The van der Waals surface area contributed by atoms with E-state index in [0.717, 1.165) is 30.3 Å². The van der Waals surface area contributed by atoms with E-state index in [1.165, 1.54) is 0 Å². The van der Waals surface area contributed by atoms with Crippen LogP contribution in [0, 0.1) is 0 Å². The molecule has 0 radical (unpaired) electrons. The molecule has 0 saturated carbocycles. The van der Waals surface area contributed by atoms with Crippen molar-refractivity contribution >= 4 is 54.9 Å². The molecule has 5 heteroatoms. The van der Waals surface area contributed by atoms with Gasteiger partial charge in [0.1, 0.15) is 5.75 Å². The first kappa shape index (κ1) is 16.5. The van der Waals surface area contributed by atoms with Gasteiger partial charge in [-0.15, -0.1) is 11.3 Å². The Labute approximate surface area is 158 Å². The van der Waals surface area contributed by atoms with E-state index in [0.29, 0.717) is 10.4 Å². The van der Waals surface area contributed by atoms with Crippen molar-refractivity contribution in [1.82, 2.24) is 0 Å². The molecule has 4 aromatic rings. The summed E-state index contributed by atoms with van der Waals surface area (Å²) in [6, 6.07) is 19.3. The monoisotopic (exact) mass is 384 g/mol. The van der Waals surface area contributed by atoms with Gasteiger partial charge in [0, 0.05) is 25.3 Å².